The topological polar surface area (TPSA) is 0 Å². The van der Waals surface area contributed by atoms with Crippen molar-refractivity contribution in [1.82, 2.24) is 0 Å². The minimum atomic E-state index is -2.51. The van der Waals surface area contributed by atoms with E-state index >= 15 is 0 Å². The summed E-state index contributed by atoms with van der Waals surface area (Å²) in [6.45, 7) is 27.2. The predicted octanol–water partition coefficient (Wildman–Crippen LogP) is 8.25. The molecule has 0 radical (unpaired) electrons. The zero-order chi connectivity index (χ0) is 20.0. The van der Waals surface area contributed by atoms with Gasteiger partial charge in [0.2, 0.25) is 0 Å². The van der Waals surface area contributed by atoms with Crippen molar-refractivity contribution in [3.8, 4) is 0 Å². The van der Waals surface area contributed by atoms with Gasteiger partial charge in [0.25, 0.3) is 0 Å². The Morgan fingerprint density at radius 2 is 0.417 bits per heavy atom. The highest BCUT2D eigenvalue weighted by molar-refractivity contribution is 8.35. The predicted molar refractivity (Wildman–Crippen MR) is 125 cm³/mol. The second-order valence-corrected chi connectivity index (χ2v) is 61.3. The molecule has 1 rings (SSSR count). The second-order valence-electron chi connectivity index (χ2n) is 11.6. The van der Waals surface area contributed by atoms with Crippen LogP contribution in [0, 0.1) is 0 Å². The van der Waals surface area contributed by atoms with Gasteiger partial charge >= 0.3 is 0 Å². The Kier molecular flexibility index (Phi) is 5.79. The highest BCUT2D eigenvalue weighted by Crippen LogP contribution is 2.80. The van der Waals surface area contributed by atoms with Gasteiger partial charge in [-0.05, 0) is 20.2 Å². The van der Waals surface area contributed by atoms with Crippen LogP contribution in [0.15, 0.2) is 0 Å². The zero-order valence-electron chi connectivity index (χ0n) is 17.5. The summed E-state index contributed by atoms with van der Waals surface area (Å²) in [5.41, 5.74) is 0. The van der Waals surface area contributed by atoms with Crippen molar-refractivity contribution in [3.63, 3.8) is 0 Å². The molecule has 1 aliphatic rings. The molecular formula is C16H36Cl4Si4. The van der Waals surface area contributed by atoms with Crippen LogP contribution in [0.3, 0.4) is 0 Å². The fourth-order valence-corrected chi connectivity index (χ4v) is 192. The highest BCUT2D eigenvalue weighted by atomic mass is 35.6. The summed E-state index contributed by atoms with van der Waals surface area (Å²) in [7, 11) is 0. The van der Waals surface area contributed by atoms with E-state index in [0.717, 1.165) is 0 Å². The molecule has 0 aromatic rings. The Balaban J connectivity index is 4.09. The molecule has 0 N–H and O–H groups in total. The molecule has 1 heterocycles. The summed E-state index contributed by atoms with van der Waals surface area (Å²) in [6.07, 6.45) is -10.0. The number of halogens is 4. The molecule has 0 amide bonds. The fraction of sp³-hybridized carbons (Fsp3) is 1.00. The van der Waals surface area contributed by atoms with E-state index < -0.39 is 25.7 Å². The molecule has 0 atom stereocenters. The number of hydrogen-bond acceptors (Lipinski definition) is 0. The van der Waals surface area contributed by atoms with Gasteiger partial charge in [-0.15, -0.1) is 0 Å². The van der Waals surface area contributed by atoms with Crippen LogP contribution in [-0.2, 0) is 0 Å². The van der Waals surface area contributed by atoms with Gasteiger partial charge in [0.15, 0.2) is 25.7 Å². The lowest BCUT2D eigenvalue weighted by Gasteiger charge is -2.80. The lowest BCUT2D eigenvalue weighted by molar-refractivity contribution is 0.691. The zero-order valence-corrected chi connectivity index (χ0v) is 24.5. The molecule has 0 aliphatic carbocycles. The van der Waals surface area contributed by atoms with E-state index in [-0.39, 0.29) is 20.2 Å². The molecule has 1 aliphatic heterocycles. The SMILES string of the molecule is CC(C)(C)[Si]1(Cl)[Si](Cl)(C(C)(C)C)[Si](Cl)(C(C)(C)C)[Si]1(Cl)C(C)(C)C. The van der Waals surface area contributed by atoms with Crippen LogP contribution >= 0.6 is 44.3 Å². The average molecular weight is 483 g/mol. The van der Waals surface area contributed by atoms with Gasteiger partial charge in [-0.2, -0.15) is 44.3 Å². The molecule has 24 heavy (non-hydrogen) atoms. The molecule has 0 unspecified atom stereocenters. The van der Waals surface area contributed by atoms with E-state index in [1.807, 2.05) is 0 Å². The Hall–Kier alpha value is 2.03. The van der Waals surface area contributed by atoms with Gasteiger partial charge in [-0.3, -0.25) is 0 Å². The van der Waals surface area contributed by atoms with E-state index in [4.69, 9.17) is 44.3 Å². The molecule has 0 aromatic carbocycles. The lowest BCUT2D eigenvalue weighted by Crippen LogP contribution is -3.07. The van der Waals surface area contributed by atoms with E-state index in [0.29, 0.717) is 0 Å². The van der Waals surface area contributed by atoms with Crippen LogP contribution in [0.2, 0.25) is 20.2 Å². The molecule has 1 saturated heterocycles. The smallest absolute Gasteiger partial charge is 0.171 e. The van der Waals surface area contributed by atoms with Crippen LogP contribution in [0.25, 0.3) is 0 Å². The van der Waals surface area contributed by atoms with Crippen LogP contribution in [-0.4, -0.2) is 25.7 Å². The van der Waals surface area contributed by atoms with Crippen molar-refractivity contribution < 1.29 is 0 Å². The molecule has 0 aromatic heterocycles. The molecule has 1 fully saturated rings. The van der Waals surface area contributed by atoms with Crippen molar-refractivity contribution >= 4 is 70.0 Å². The Labute approximate surface area is 172 Å². The largest absolute Gasteiger partial charge is 0.177 e. The first kappa shape index (κ1) is 24.1. The average Bonchev–Trinajstić information content (AvgIpc) is 2.28. The fourth-order valence-electron chi connectivity index (χ4n) is 5.02. The first-order valence-electron chi connectivity index (χ1n) is 8.76. The third kappa shape index (κ3) is 2.32. The van der Waals surface area contributed by atoms with Crippen molar-refractivity contribution in [2.75, 3.05) is 0 Å². The normalized spacial score (nSPS) is 42.0. The maximum atomic E-state index is 7.81. The summed E-state index contributed by atoms with van der Waals surface area (Å²) < 4.78 is 0. The standard InChI is InChI=1S/C16H36Cl4Si4/c1-13(2,3)21(17)22(18,14(4,5)6)24(20,16(10,11)12)23(21,19)15(7,8)9/h1-12H3. The van der Waals surface area contributed by atoms with Crippen LogP contribution < -0.4 is 0 Å². The minimum Gasteiger partial charge on any atom is -0.171 e. The summed E-state index contributed by atoms with van der Waals surface area (Å²) in [5, 5.41) is -0.192. The molecular weight excluding hydrogens is 446 g/mol. The summed E-state index contributed by atoms with van der Waals surface area (Å²) in [4.78, 5) is 0. The second kappa shape index (κ2) is 5.77. The first-order valence-corrected chi connectivity index (χ1v) is 24.8. The minimum absolute atomic E-state index is 0.0479. The van der Waals surface area contributed by atoms with Crippen molar-refractivity contribution in [1.29, 1.82) is 0 Å². The molecule has 8 heteroatoms. The Morgan fingerprint density at radius 3 is 0.458 bits per heavy atom. The number of rotatable bonds is 0. The first-order chi connectivity index (χ1) is 10.0. The summed E-state index contributed by atoms with van der Waals surface area (Å²) in [6, 6.07) is 0. The molecule has 0 nitrogen and oxygen atoms in total. The maximum absolute atomic E-state index is 7.81. The van der Waals surface area contributed by atoms with E-state index in [1.165, 1.54) is 0 Å². The molecule has 0 saturated carbocycles. The Bertz CT molecular complexity index is 416. The van der Waals surface area contributed by atoms with E-state index in [2.05, 4.69) is 83.1 Å². The van der Waals surface area contributed by atoms with Gasteiger partial charge in [0, 0.05) is 0 Å². The van der Waals surface area contributed by atoms with Crippen LogP contribution in [0.1, 0.15) is 83.1 Å². The molecule has 0 spiro atoms. The van der Waals surface area contributed by atoms with Gasteiger partial charge in [0.1, 0.15) is 0 Å². The third-order valence-corrected chi connectivity index (χ3v) is 126. The number of hydrogen-bond donors (Lipinski definition) is 0. The summed E-state index contributed by atoms with van der Waals surface area (Å²) >= 11 is 31.2. The van der Waals surface area contributed by atoms with Crippen LogP contribution in [0.5, 0.6) is 0 Å². The quantitative estimate of drug-likeness (QED) is 0.241. The van der Waals surface area contributed by atoms with Gasteiger partial charge in [-0.25, -0.2) is 0 Å². The summed E-state index contributed by atoms with van der Waals surface area (Å²) in [5.74, 6) is 0. The van der Waals surface area contributed by atoms with E-state index in [1.54, 1.807) is 0 Å². The van der Waals surface area contributed by atoms with E-state index in [9.17, 15) is 0 Å². The third-order valence-electron chi connectivity index (χ3n) is 6.03. The Morgan fingerprint density at radius 1 is 0.333 bits per heavy atom. The van der Waals surface area contributed by atoms with Crippen molar-refractivity contribution in [2.24, 2.45) is 0 Å². The van der Waals surface area contributed by atoms with Crippen molar-refractivity contribution in [3.05, 3.63) is 0 Å². The van der Waals surface area contributed by atoms with Gasteiger partial charge in [-0.1, -0.05) is 83.1 Å². The van der Waals surface area contributed by atoms with Gasteiger partial charge < -0.3 is 0 Å². The monoisotopic (exact) mass is 480 g/mol. The van der Waals surface area contributed by atoms with Crippen LogP contribution in [0.4, 0.5) is 0 Å². The van der Waals surface area contributed by atoms with Crippen molar-refractivity contribution in [2.45, 2.75) is 103 Å². The molecule has 0 bridgehead atoms. The molecule has 144 valence electrons. The lowest BCUT2D eigenvalue weighted by atomic mass is 10.2. The maximum Gasteiger partial charge on any atom is 0.177 e. The van der Waals surface area contributed by atoms with Gasteiger partial charge in [0.05, 0.1) is 0 Å². The highest BCUT2D eigenvalue weighted by Gasteiger charge is 3.00.